The highest BCUT2D eigenvalue weighted by atomic mass is 32.2. The number of rotatable bonds is 3. The highest BCUT2D eigenvalue weighted by Gasteiger charge is 2.39. The van der Waals surface area contributed by atoms with Gasteiger partial charge in [-0.25, -0.2) is 4.39 Å². The maximum atomic E-state index is 12.0. The third-order valence-corrected chi connectivity index (χ3v) is 2.72. The Morgan fingerprint density at radius 2 is 1.59 bits per heavy atom. The molecule has 0 aliphatic carbocycles. The number of halogens is 1. The fraction of sp³-hybridized carbons (Fsp3) is 0.111. The van der Waals surface area contributed by atoms with Crippen molar-refractivity contribution in [3.05, 3.63) is 35.4 Å². The van der Waals surface area contributed by atoms with E-state index in [4.69, 9.17) is 0 Å². The molecule has 0 unspecified atom stereocenters. The molecule has 0 bridgehead atoms. The smallest absolute Gasteiger partial charge is 0.266 e. The predicted molar refractivity (Wildman–Crippen MR) is 52.9 cm³/mol. The first-order valence-corrected chi connectivity index (χ1v) is 6.00. The topological polar surface area (TPSA) is 80.8 Å². The highest BCUT2D eigenvalue weighted by Crippen LogP contribution is 2.23. The Morgan fingerprint density at radius 3 is 2.00 bits per heavy atom. The van der Waals surface area contributed by atoms with Crippen LogP contribution in [0, 0.1) is 0 Å². The number of carbonyl (C=O) groups is 2. The van der Waals surface area contributed by atoms with E-state index in [0.717, 1.165) is 0 Å². The van der Waals surface area contributed by atoms with E-state index in [0.29, 0.717) is 0 Å². The second kappa shape index (κ2) is 3.90. The predicted octanol–water partition coefficient (Wildman–Crippen LogP) is 0.471. The molecule has 90 valence electrons. The number of nitrogens with zero attached hydrogens (tertiary/aromatic N) is 1. The molecule has 2 amide bonds. The molecule has 0 radical (unpaired) electrons. The molecule has 6 nitrogen and oxygen atoms in total. The van der Waals surface area contributed by atoms with Crippen LogP contribution in [-0.4, -0.2) is 31.3 Å². The first-order valence-electron chi connectivity index (χ1n) is 4.42. The highest BCUT2D eigenvalue weighted by molar-refractivity contribution is 7.86. The van der Waals surface area contributed by atoms with Crippen molar-refractivity contribution in [1.29, 1.82) is 0 Å². The fourth-order valence-corrected chi connectivity index (χ4v) is 1.77. The van der Waals surface area contributed by atoms with E-state index in [-0.39, 0.29) is 16.2 Å². The lowest BCUT2D eigenvalue weighted by atomic mass is 10.1. The molecule has 1 heterocycles. The van der Waals surface area contributed by atoms with Gasteiger partial charge in [-0.05, 0) is 12.1 Å². The Kier molecular flexibility index (Phi) is 2.68. The SMILES string of the molecule is O=C1c2ccccc2C(=O)N1OS(=O)(=O)CF. The van der Waals surface area contributed by atoms with Gasteiger partial charge in [0.2, 0.25) is 6.01 Å². The molecule has 0 atom stereocenters. The first-order chi connectivity index (χ1) is 7.96. The summed E-state index contributed by atoms with van der Waals surface area (Å²) in [5.74, 6) is -1.86. The molecule has 0 saturated carbocycles. The number of benzene rings is 1. The van der Waals surface area contributed by atoms with Crippen molar-refractivity contribution in [2.75, 3.05) is 6.01 Å². The molecule has 1 aliphatic heterocycles. The van der Waals surface area contributed by atoms with E-state index in [2.05, 4.69) is 4.28 Å². The van der Waals surface area contributed by atoms with E-state index in [1.165, 1.54) is 24.3 Å². The van der Waals surface area contributed by atoms with Crippen LogP contribution in [0.1, 0.15) is 20.7 Å². The van der Waals surface area contributed by atoms with E-state index >= 15 is 0 Å². The third-order valence-electron chi connectivity index (χ3n) is 2.08. The Bertz CT molecular complexity index is 562. The summed E-state index contributed by atoms with van der Waals surface area (Å²) in [5.41, 5.74) is 0.0399. The molecule has 1 aliphatic rings. The van der Waals surface area contributed by atoms with Gasteiger partial charge >= 0.3 is 10.1 Å². The second-order valence-corrected chi connectivity index (χ2v) is 4.67. The van der Waals surface area contributed by atoms with Crippen molar-refractivity contribution < 1.29 is 26.7 Å². The lowest BCUT2D eigenvalue weighted by Crippen LogP contribution is -2.33. The number of imide groups is 1. The van der Waals surface area contributed by atoms with E-state index in [1.54, 1.807) is 0 Å². The minimum absolute atomic E-state index is 0.0200. The number of carbonyl (C=O) groups excluding carboxylic acids is 2. The average molecular weight is 259 g/mol. The van der Waals surface area contributed by atoms with Crippen LogP contribution in [0.2, 0.25) is 0 Å². The molecule has 0 saturated heterocycles. The summed E-state index contributed by atoms with van der Waals surface area (Å²) in [4.78, 5) is 23.2. The van der Waals surface area contributed by atoms with Crippen molar-refractivity contribution in [2.24, 2.45) is 0 Å². The molecule has 0 aromatic heterocycles. The molecule has 0 N–H and O–H groups in total. The van der Waals surface area contributed by atoms with Gasteiger partial charge in [0.1, 0.15) is 0 Å². The Hall–Kier alpha value is -1.80. The largest absolute Gasteiger partial charge is 0.318 e. The van der Waals surface area contributed by atoms with Crippen LogP contribution in [0.15, 0.2) is 24.3 Å². The summed E-state index contributed by atoms with van der Waals surface area (Å²) in [6.45, 7) is 0. The summed E-state index contributed by atoms with van der Waals surface area (Å²) >= 11 is 0. The Balaban J connectivity index is 2.37. The lowest BCUT2D eigenvalue weighted by molar-refractivity contribution is -0.0110. The van der Waals surface area contributed by atoms with Gasteiger partial charge in [-0.15, -0.1) is 9.35 Å². The molecular formula is C9H6FNO5S. The van der Waals surface area contributed by atoms with Crippen molar-refractivity contribution in [3.8, 4) is 0 Å². The van der Waals surface area contributed by atoms with Crippen LogP contribution in [0.4, 0.5) is 4.39 Å². The van der Waals surface area contributed by atoms with Crippen LogP contribution in [0.3, 0.4) is 0 Å². The molecule has 0 fully saturated rings. The van der Waals surface area contributed by atoms with Gasteiger partial charge in [-0.3, -0.25) is 9.59 Å². The number of hydrogen-bond acceptors (Lipinski definition) is 5. The average Bonchev–Trinajstić information content (AvgIpc) is 2.55. The summed E-state index contributed by atoms with van der Waals surface area (Å²) in [6, 6.07) is 3.90. The quantitative estimate of drug-likeness (QED) is 0.737. The van der Waals surface area contributed by atoms with Crippen LogP contribution in [-0.2, 0) is 14.4 Å². The van der Waals surface area contributed by atoms with Gasteiger partial charge in [0.25, 0.3) is 11.8 Å². The minimum Gasteiger partial charge on any atom is -0.266 e. The van der Waals surface area contributed by atoms with Gasteiger partial charge in [-0.2, -0.15) is 8.42 Å². The zero-order valence-electron chi connectivity index (χ0n) is 8.29. The Labute approximate surface area is 95.7 Å². The maximum Gasteiger partial charge on any atom is 0.318 e. The van der Waals surface area contributed by atoms with Gasteiger partial charge in [0, 0.05) is 0 Å². The van der Waals surface area contributed by atoms with Crippen LogP contribution >= 0.6 is 0 Å². The van der Waals surface area contributed by atoms with Crippen molar-refractivity contribution in [1.82, 2.24) is 5.06 Å². The van der Waals surface area contributed by atoms with Gasteiger partial charge in [-0.1, -0.05) is 12.1 Å². The molecule has 8 heteroatoms. The van der Waals surface area contributed by atoms with E-state index in [1.807, 2.05) is 0 Å². The molecule has 1 aromatic rings. The van der Waals surface area contributed by atoms with Gasteiger partial charge in [0.15, 0.2) is 0 Å². The summed E-state index contributed by atoms with van der Waals surface area (Å²) in [5, 5.41) is 0.0413. The lowest BCUT2D eigenvalue weighted by Gasteiger charge is -2.10. The number of alkyl halides is 1. The van der Waals surface area contributed by atoms with Crippen LogP contribution in [0.5, 0.6) is 0 Å². The fourth-order valence-electron chi connectivity index (χ4n) is 1.37. The molecule has 17 heavy (non-hydrogen) atoms. The standard InChI is InChI=1S/C9H6FNO5S/c10-5-17(14,15)16-11-8(12)6-3-1-2-4-7(6)9(11)13/h1-4H,5H2. The summed E-state index contributed by atoms with van der Waals surface area (Å²) < 4.78 is 37.8. The minimum atomic E-state index is -4.57. The van der Waals surface area contributed by atoms with E-state index in [9.17, 15) is 22.4 Å². The zero-order valence-corrected chi connectivity index (χ0v) is 9.11. The second-order valence-electron chi connectivity index (χ2n) is 3.19. The number of hydrogen-bond donors (Lipinski definition) is 0. The normalized spacial score (nSPS) is 15.2. The molecule has 1 aromatic carbocycles. The van der Waals surface area contributed by atoms with Crippen molar-refractivity contribution >= 4 is 21.9 Å². The van der Waals surface area contributed by atoms with Gasteiger partial charge < -0.3 is 0 Å². The maximum absolute atomic E-state index is 12.0. The molecular weight excluding hydrogens is 253 g/mol. The van der Waals surface area contributed by atoms with Crippen molar-refractivity contribution in [2.45, 2.75) is 0 Å². The first kappa shape index (κ1) is 11.7. The number of fused-ring (bicyclic) bond motifs is 1. The Morgan fingerprint density at radius 1 is 1.12 bits per heavy atom. The molecule has 0 spiro atoms. The number of amides is 2. The van der Waals surface area contributed by atoms with Gasteiger partial charge in [0.05, 0.1) is 11.1 Å². The zero-order chi connectivity index (χ0) is 12.6. The summed E-state index contributed by atoms with van der Waals surface area (Å²) in [7, 11) is -4.57. The van der Waals surface area contributed by atoms with Crippen molar-refractivity contribution in [3.63, 3.8) is 0 Å². The number of hydroxylamine groups is 2. The van der Waals surface area contributed by atoms with Crippen LogP contribution in [0.25, 0.3) is 0 Å². The molecule has 2 rings (SSSR count). The van der Waals surface area contributed by atoms with E-state index < -0.39 is 27.9 Å². The summed E-state index contributed by atoms with van der Waals surface area (Å²) in [6.07, 6.45) is 0. The monoisotopic (exact) mass is 259 g/mol. The third kappa shape index (κ3) is 1.92. The van der Waals surface area contributed by atoms with Crippen LogP contribution < -0.4 is 0 Å².